The molecule has 2 aliphatic rings. The lowest BCUT2D eigenvalue weighted by atomic mass is 9.97. The molecule has 5 nitrogen and oxygen atoms in total. The third-order valence-corrected chi connectivity index (χ3v) is 3.63. The summed E-state index contributed by atoms with van der Waals surface area (Å²) in [6.45, 7) is 4.92. The molecule has 2 N–H and O–H groups in total. The highest BCUT2D eigenvalue weighted by Crippen LogP contribution is 2.17. The molecule has 0 saturated carbocycles. The van der Waals surface area contributed by atoms with Crippen molar-refractivity contribution in [2.24, 2.45) is 5.92 Å². The SMILES string of the molecule is O=C(CC1CNCCO1)NCCC1CCOCC1. The maximum absolute atomic E-state index is 11.7. The highest BCUT2D eigenvalue weighted by molar-refractivity contribution is 5.76. The minimum Gasteiger partial charge on any atom is -0.381 e. The largest absolute Gasteiger partial charge is 0.381 e. The van der Waals surface area contributed by atoms with Crippen molar-refractivity contribution in [3.8, 4) is 0 Å². The Balaban J connectivity index is 1.53. The third kappa shape index (κ3) is 4.92. The van der Waals surface area contributed by atoms with E-state index >= 15 is 0 Å². The Labute approximate surface area is 109 Å². The van der Waals surface area contributed by atoms with Gasteiger partial charge in [0.2, 0.25) is 5.91 Å². The summed E-state index contributed by atoms with van der Waals surface area (Å²) >= 11 is 0. The summed E-state index contributed by atoms with van der Waals surface area (Å²) in [4.78, 5) is 11.7. The van der Waals surface area contributed by atoms with Crippen molar-refractivity contribution in [1.29, 1.82) is 0 Å². The average molecular weight is 256 g/mol. The number of hydrogen-bond acceptors (Lipinski definition) is 4. The number of rotatable bonds is 5. The van der Waals surface area contributed by atoms with E-state index < -0.39 is 0 Å². The first-order valence-electron chi connectivity index (χ1n) is 7.01. The molecule has 104 valence electrons. The van der Waals surface area contributed by atoms with E-state index in [9.17, 15) is 4.79 Å². The first-order chi connectivity index (χ1) is 8.84. The van der Waals surface area contributed by atoms with Gasteiger partial charge in [0.05, 0.1) is 19.1 Å². The Morgan fingerprint density at radius 3 is 2.83 bits per heavy atom. The van der Waals surface area contributed by atoms with Gasteiger partial charge in [-0.25, -0.2) is 0 Å². The van der Waals surface area contributed by atoms with Crippen LogP contribution in [0.3, 0.4) is 0 Å². The molecule has 1 unspecified atom stereocenters. The molecule has 0 aliphatic carbocycles. The molecule has 1 amide bonds. The smallest absolute Gasteiger partial charge is 0.222 e. The van der Waals surface area contributed by atoms with Crippen LogP contribution in [0.5, 0.6) is 0 Å². The molecule has 0 aromatic rings. The second-order valence-corrected chi connectivity index (χ2v) is 5.10. The van der Waals surface area contributed by atoms with E-state index in [1.165, 1.54) is 0 Å². The summed E-state index contributed by atoms with van der Waals surface area (Å²) in [6.07, 6.45) is 3.85. The number of ether oxygens (including phenoxy) is 2. The molecule has 0 bridgehead atoms. The fourth-order valence-electron chi connectivity index (χ4n) is 2.48. The first kappa shape index (κ1) is 13.8. The van der Waals surface area contributed by atoms with Gasteiger partial charge >= 0.3 is 0 Å². The van der Waals surface area contributed by atoms with Crippen LogP contribution in [0.15, 0.2) is 0 Å². The van der Waals surface area contributed by atoms with Crippen molar-refractivity contribution < 1.29 is 14.3 Å². The highest BCUT2D eigenvalue weighted by Gasteiger charge is 2.18. The van der Waals surface area contributed by atoms with E-state index in [4.69, 9.17) is 9.47 Å². The van der Waals surface area contributed by atoms with Gasteiger partial charge in [0, 0.05) is 32.8 Å². The van der Waals surface area contributed by atoms with Crippen LogP contribution in [0, 0.1) is 5.92 Å². The van der Waals surface area contributed by atoms with E-state index in [-0.39, 0.29) is 12.0 Å². The van der Waals surface area contributed by atoms with Gasteiger partial charge in [-0.15, -0.1) is 0 Å². The van der Waals surface area contributed by atoms with Crippen LogP contribution in [0.4, 0.5) is 0 Å². The van der Waals surface area contributed by atoms with Gasteiger partial charge in [-0.2, -0.15) is 0 Å². The molecule has 0 aromatic carbocycles. The lowest BCUT2D eigenvalue weighted by Gasteiger charge is -2.24. The van der Waals surface area contributed by atoms with Gasteiger partial charge in [-0.3, -0.25) is 4.79 Å². The van der Waals surface area contributed by atoms with Gasteiger partial charge in [-0.1, -0.05) is 0 Å². The zero-order valence-electron chi connectivity index (χ0n) is 11.0. The van der Waals surface area contributed by atoms with Crippen LogP contribution in [0.25, 0.3) is 0 Å². The Morgan fingerprint density at radius 2 is 2.11 bits per heavy atom. The van der Waals surface area contributed by atoms with Crippen LogP contribution < -0.4 is 10.6 Å². The molecule has 0 aromatic heterocycles. The van der Waals surface area contributed by atoms with Crippen molar-refractivity contribution in [2.45, 2.75) is 31.8 Å². The van der Waals surface area contributed by atoms with E-state index in [2.05, 4.69) is 10.6 Å². The Hall–Kier alpha value is -0.650. The summed E-state index contributed by atoms with van der Waals surface area (Å²) < 4.78 is 10.8. The number of nitrogens with one attached hydrogen (secondary N) is 2. The number of carbonyl (C=O) groups is 1. The van der Waals surface area contributed by atoms with Crippen molar-refractivity contribution in [3.63, 3.8) is 0 Å². The third-order valence-electron chi connectivity index (χ3n) is 3.63. The summed E-state index contributed by atoms with van der Waals surface area (Å²) in [5.41, 5.74) is 0. The summed E-state index contributed by atoms with van der Waals surface area (Å²) in [7, 11) is 0. The number of carbonyl (C=O) groups excluding carboxylic acids is 1. The Bertz CT molecular complexity index is 249. The number of amides is 1. The standard InChI is InChI=1S/C13H24N2O3/c16-13(9-12-10-14-5-8-18-12)15-4-1-11-2-6-17-7-3-11/h11-12,14H,1-10H2,(H,15,16). The van der Waals surface area contributed by atoms with E-state index in [1.807, 2.05) is 0 Å². The molecule has 18 heavy (non-hydrogen) atoms. The molecule has 5 heteroatoms. The molecule has 1 atom stereocenters. The van der Waals surface area contributed by atoms with Gasteiger partial charge in [0.15, 0.2) is 0 Å². The molecule has 0 radical (unpaired) electrons. The Morgan fingerprint density at radius 1 is 1.28 bits per heavy atom. The van der Waals surface area contributed by atoms with Gasteiger partial charge < -0.3 is 20.1 Å². The second kappa shape index (κ2) is 7.71. The lowest BCUT2D eigenvalue weighted by Crippen LogP contribution is -2.41. The topological polar surface area (TPSA) is 59.6 Å². The molecular weight excluding hydrogens is 232 g/mol. The van der Waals surface area contributed by atoms with Crippen molar-refractivity contribution in [2.75, 3.05) is 39.5 Å². The van der Waals surface area contributed by atoms with Gasteiger partial charge in [0.1, 0.15) is 0 Å². The summed E-state index contributed by atoms with van der Waals surface area (Å²) in [5.74, 6) is 0.822. The minimum atomic E-state index is 0.0434. The number of hydrogen-bond donors (Lipinski definition) is 2. The highest BCUT2D eigenvalue weighted by atomic mass is 16.5. The summed E-state index contributed by atoms with van der Waals surface area (Å²) in [5, 5.41) is 6.22. The first-order valence-corrected chi connectivity index (χ1v) is 7.01. The van der Waals surface area contributed by atoms with Crippen molar-refractivity contribution >= 4 is 5.91 Å². The molecule has 2 rings (SSSR count). The predicted octanol–water partition coefficient (Wildman–Crippen LogP) is 0.298. The number of morpholine rings is 1. The fraction of sp³-hybridized carbons (Fsp3) is 0.923. The minimum absolute atomic E-state index is 0.0434. The Kier molecular flexibility index (Phi) is 5.90. The fourth-order valence-corrected chi connectivity index (χ4v) is 2.48. The van der Waals surface area contributed by atoms with Crippen LogP contribution in [0.1, 0.15) is 25.7 Å². The maximum Gasteiger partial charge on any atom is 0.222 e. The van der Waals surface area contributed by atoms with Gasteiger partial charge in [-0.05, 0) is 25.2 Å². The molecular formula is C13H24N2O3. The zero-order chi connectivity index (χ0) is 12.6. The molecule has 0 spiro atoms. The molecule has 2 heterocycles. The average Bonchev–Trinajstić information content (AvgIpc) is 2.41. The van der Waals surface area contributed by atoms with Crippen LogP contribution in [0.2, 0.25) is 0 Å². The van der Waals surface area contributed by atoms with Crippen molar-refractivity contribution in [3.05, 3.63) is 0 Å². The van der Waals surface area contributed by atoms with Crippen LogP contribution >= 0.6 is 0 Å². The van der Waals surface area contributed by atoms with E-state index in [1.54, 1.807) is 0 Å². The lowest BCUT2D eigenvalue weighted by molar-refractivity contribution is -0.124. The zero-order valence-corrected chi connectivity index (χ0v) is 11.0. The molecule has 2 aliphatic heterocycles. The monoisotopic (exact) mass is 256 g/mol. The quantitative estimate of drug-likeness (QED) is 0.742. The van der Waals surface area contributed by atoms with Crippen molar-refractivity contribution in [1.82, 2.24) is 10.6 Å². The van der Waals surface area contributed by atoms with Crippen LogP contribution in [-0.2, 0) is 14.3 Å². The van der Waals surface area contributed by atoms with E-state index in [0.29, 0.717) is 18.9 Å². The summed E-state index contributed by atoms with van der Waals surface area (Å²) in [6, 6.07) is 0. The molecule has 2 fully saturated rings. The maximum atomic E-state index is 11.7. The van der Waals surface area contributed by atoms with E-state index in [0.717, 1.165) is 52.1 Å². The normalized spacial score (nSPS) is 25.9. The van der Waals surface area contributed by atoms with Crippen LogP contribution in [-0.4, -0.2) is 51.5 Å². The van der Waals surface area contributed by atoms with Gasteiger partial charge in [0.25, 0.3) is 0 Å². The second-order valence-electron chi connectivity index (χ2n) is 5.10. The molecule has 2 saturated heterocycles. The predicted molar refractivity (Wildman–Crippen MR) is 68.4 cm³/mol.